The highest BCUT2D eigenvalue weighted by Gasteiger charge is 2.18. The Hall–Kier alpha value is -0.830. The van der Waals surface area contributed by atoms with Crippen LogP contribution in [0.15, 0.2) is 6.20 Å². The minimum atomic E-state index is 0.618. The number of hydrogen-bond donors (Lipinski definition) is 1. The van der Waals surface area contributed by atoms with Gasteiger partial charge < -0.3 is 10.3 Å². The fraction of sp³-hybridized carbons (Fsp3) is 0.700. The molecule has 0 saturated heterocycles. The molecule has 0 saturated carbocycles. The van der Waals surface area contributed by atoms with E-state index in [9.17, 15) is 0 Å². The van der Waals surface area contributed by atoms with Crippen molar-refractivity contribution in [3.8, 4) is 0 Å². The van der Waals surface area contributed by atoms with E-state index in [1.54, 1.807) is 0 Å². The third-order valence-electron chi connectivity index (χ3n) is 2.81. The van der Waals surface area contributed by atoms with E-state index in [1.807, 2.05) is 6.20 Å². The number of imidazole rings is 1. The molecule has 2 N–H and O–H groups in total. The lowest BCUT2D eigenvalue weighted by Crippen LogP contribution is -2.19. The Morgan fingerprint density at radius 2 is 2.54 bits per heavy atom. The summed E-state index contributed by atoms with van der Waals surface area (Å²) >= 11 is 0. The lowest BCUT2D eigenvalue weighted by Gasteiger charge is -2.23. The molecule has 1 aliphatic rings. The number of nitrogens with zero attached hydrogens (tertiary/aromatic N) is 2. The maximum absolute atomic E-state index is 5.54. The molecule has 2 heterocycles. The normalized spacial score (nSPS) is 21.5. The molecule has 0 aromatic carbocycles. The van der Waals surface area contributed by atoms with Crippen LogP contribution in [0.2, 0.25) is 0 Å². The zero-order valence-corrected chi connectivity index (χ0v) is 8.16. The number of fused-ring (bicyclic) bond motifs is 1. The molecule has 0 bridgehead atoms. The second-order valence-corrected chi connectivity index (χ2v) is 3.82. The molecule has 1 aliphatic heterocycles. The molecule has 0 aliphatic carbocycles. The van der Waals surface area contributed by atoms with Gasteiger partial charge in [-0.3, -0.25) is 0 Å². The molecule has 2 rings (SSSR count). The Morgan fingerprint density at radius 3 is 3.31 bits per heavy atom. The quantitative estimate of drug-likeness (QED) is 0.743. The lowest BCUT2D eigenvalue weighted by atomic mass is 10.0. The third kappa shape index (κ3) is 1.48. The smallest absolute Gasteiger partial charge is 0.110 e. The molecule has 1 aromatic rings. The second kappa shape index (κ2) is 3.50. The fourth-order valence-electron chi connectivity index (χ4n) is 2.18. The van der Waals surface area contributed by atoms with Crippen molar-refractivity contribution in [1.29, 1.82) is 0 Å². The zero-order chi connectivity index (χ0) is 9.26. The van der Waals surface area contributed by atoms with Crippen LogP contribution in [0.1, 0.15) is 37.3 Å². The van der Waals surface area contributed by atoms with Crippen LogP contribution in [0.25, 0.3) is 0 Å². The second-order valence-electron chi connectivity index (χ2n) is 3.82. The minimum Gasteiger partial charge on any atom is -0.330 e. The predicted octanol–water partition coefficient (Wildman–Crippen LogP) is 1.28. The van der Waals surface area contributed by atoms with Crippen LogP contribution in [-0.2, 0) is 12.8 Å². The van der Waals surface area contributed by atoms with E-state index in [4.69, 9.17) is 5.73 Å². The van der Waals surface area contributed by atoms with Gasteiger partial charge in [-0.2, -0.15) is 0 Å². The van der Waals surface area contributed by atoms with E-state index >= 15 is 0 Å². The highest BCUT2D eigenvalue weighted by Crippen LogP contribution is 2.25. The molecule has 72 valence electrons. The third-order valence-corrected chi connectivity index (χ3v) is 2.81. The van der Waals surface area contributed by atoms with E-state index in [-0.39, 0.29) is 0 Å². The van der Waals surface area contributed by atoms with E-state index in [0.717, 1.165) is 6.42 Å². The molecule has 0 radical (unpaired) electrons. The number of rotatable bonds is 2. The molecular weight excluding hydrogens is 162 g/mol. The summed E-state index contributed by atoms with van der Waals surface area (Å²) in [6.07, 6.45) is 6.68. The van der Waals surface area contributed by atoms with Crippen molar-refractivity contribution in [1.82, 2.24) is 9.55 Å². The zero-order valence-electron chi connectivity index (χ0n) is 8.16. The number of aromatic nitrogens is 2. The van der Waals surface area contributed by atoms with E-state index in [0.29, 0.717) is 12.6 Å². The van der Waals surface area contributed by atoms with Crippen molar-refractivity contribution < 1.29 is 0 Å². The molecule has 0 amide bonds. The van der Waals surface area contributed by atoms with Crippen LogP contribution < -0.4 is 5.73 Å². The Balaban J connectivity index is 2.32. The molecule has 3 nitrogen and oxygen atoms in total. The van der Waals surface area contributed by atoms with E-state index in [2.05, 4.69) is 16.5 Å². The van der Waals surface area contributed by atoms with Crippen LogP contribution in [0.3, 0.4) is 0 Å². The monoisotopic (exact) mass is 179 g/mol. The van der Waals surface area contributed by atoms with Crippen molar-refractivity contribution in [2.45, 2.75) is 38.6 Å². The average molecular weight is 179 g/mol. The minimum absolute atomic E-state index is 0.618. The molecule has 1 aromatic heterocycles. The summed E-state index contributed by atoms with van der Waals surface area (Å²) in [6.45, 7) is 2.97. The van der Waals surface area contributed by atoms with Crippen LogP contribution in [0.4, 0.5) is 0 Å². The largest absolute Gasteiger partial charge is 0.330 e. The molecule has 0 fully saturated rings. The highest BCUT2D eigenvalue weighted by atomic mass is 15.1. The van der Waals surface area contributed by atoms with Crippen molar-refractivity contribution >= 4 is 0 Å². The Kier molecular flexibility index (Phi) is 2.36. The molecule has 3 heteroatoms. The van der Waals surface area contributed by atoms with Crippen LogP contribution in [0.5, 0.6) is 0 Å². The first-order valence-corrected chi connectivity index (χ1v) is 5.08. The fourth-order valence-corrected chi connectivity index (χ4v) is 2.18. The van der Waals surface area contributed by atoms with Gasteiger partial charge >= 0.3 is 0 Å². The Bertz CT molecular complexity index is 290. The van der Waals surface area contributed by atoms with Gasteiger partial charge in [0.2, 0.25) is 0 Å². The highest BCUT2D eigenvalue weighted by molar-refractivity contribution is 5.10. The number of aryl methyl sites for hydroxylation is 1. The van der Waals surface area contributed by atoms with E-state index in [1.165, 1.54) is 30.8 Å². The van der Waals surface area contributed by atoms with Gasteiger partial charge in [0.1, 0.15) is 5.82 Å². The Morgan fingerprint density at radius 1 is 1.69 bits per heavy atom. The van der Waals surface area contributed by atoms with Gasteiger partial charge in [0.15, 0.2) is 0 Å². The van der Waals surface area contributed by atoms with Gasteiger partial charge in [0, 0.05) is 24.4 Å². The number of nitrogens with two attached hydrogens (primary N) is 1. The van der Waals surface area contributed by atoms with Crippen LogP contribution >= 0.6 is 0 Å². The summed E-state index contributed by atoms with van der Waals surface area (Å²) < 4.78 is 2.37. The van der Waals surface area contributed by atoms with Crippen molar-refractivity contribution in [3.63, 3.8) is 0 Å². The summed E-state index contributed by atoms with van der Waals surface area (Å²) in [7, 11) is 0. The summed E-state index contributed by atoms with van der Waals surface area (Å²) in [5.74, 6) is 1.17. The topological polar surface area (TPSA) is 43.8 Å². The predicted molar refractivity (Wildman–Crippen MR) is 52.6 cm³/mol. The molecule has 0 spiro atoms. The van der Waals surface area contributed by atoms with Crippen molar-refractivity contribution in [3.05, 3.63) is 17.7 Å². The van der Waals surface area contributed by atoms with Gasteiger partial charge in [-0.15, -0.1) is 0 Å². The van der Waals surface area contributed by atoms with Gasteiger partial charge in [-0.25, -0.2) is 4.98 Å². The standard InChI is InChI=1S/C10H17N3/c1-8-3-2-4-9-7-12-10(5-6-11)13(8)9/h7-8H,2-6,11H2,1H3. The maximum atomic E-state index is 5.54. The molecular formula is C10H17N3. The van der Waals surface area contributed by atoms with Gasteiger partial charge in [0.05, 0.1) is 0 Å². The van der Waals surface area contributed by atoms with Crippen molar-refractivity contribution in [2.75, 3.05) is 6.54 Å². The molecule has 1 atom stereocenters. The lowest BCUT2D eigenvalue weighted by molar-refractivity contribution is 0.419. The van der Waals surface area contributed by atoms with E-state index < -0.39 is 0 Å². The van der Waals surface area contributed by atoms with Crippen molar-refractivity contribution in [2.24, 2.45) is 5.73 Å². The average Bonchev–Trinajstić information content (AvgIpc) is 2.51. The summed E-state index contributed by atoms with van der Waals surface area (Å²) in [5, 5.41) is 0. The SMILES string of the molecule is CC1CCCc2cnc(CCN)n21. The maximum Gasteiger partial charge on any atom is 0.110 e. The van der Waals surface area contributed by atoms with Gasteiger partial charge in [-0.05, 0) is 32.7 Å². The first-order chi connectivity index (χ1) is 6.33. The first-order valence-electron chi connectivity index (χ1n) is 5.08. The molecule has 13 heavy (non-hydrogen) atoms. The summed E-state index contributed by atoms with van der Waals surface area (Å²) in [6, 6.07) is 0.618. The van der Waals surface area contributed by atoms with Crippen LogP contribution in [-0.4, -0.2) is 16.1 Å². The number of hydrogen-bond acceptors (Lipinski definition) is 2. The van der Waals surface area contributed by atoms with Gasteiger partial charge in [0.25, 0.3) is 0 Å². The Labute approximate surface area is 79.0 Å². The van der Waals surface area contributed by atoms with Gasteiger partial charge in [-0.1, -0.05) is 0 Å². The van der Waals surface area contributed by atoms with Crippen LogP contribution in [0, 0.1) is 0 Å². The molecule has 1 unspecified atom stereocenters. The first kappa shape index (κ1) is 8.75. The summed E-state index contributed by atoms with van der Waals surface area (Å²) in [5.41, 5.74) is 6.94. The summed E-state index contributed by atoms with van der Waals surface area (Å²) in [4.78, 5) is 4.42.